The van der Waals surface area contributed by atoms with E-state index in [9.17, 15) is 13.2 Å². The number of hydrogen-bond donors (Lipinski definition) is 2. The molecule has 1 aromatic carbocycles. The minimum absolute atomic E-state index is 0.0533. The quantitative estimate of drug-likeness (QED) is 0.710. The van der Waals surface area contributed by atoms with E-state index in [2.05, 4.69) is 5.32 Å². The predicted molar refractivity (Wildman–Crippen MR) is 108 cm³/mol. The number of nitrogens with zero attached hydrogens (tertiary/aromatic N) is 1. The third-order valence-electron chi connectivity index (χ3n) is 5.84. The first kappa shape index (κ1) is 20.1. The van der Waals surface area contributed by atoms with Gasteiger partial charge in [0, 0.05) is 0 Å². The van der Waals surface area contributed by atoms with Crippen LogP contribution in [0.1, 0.15) is 29.7 Å². The van der Waals surface area contributed by atoms with Gasteiger partial charge in [-0.1, -0.05) is 6.07 Å². The van der Waals surface area contributed by atoms with Crippen LogP contribution >= 0.6 is 0 Å². The highest BCUT2D eigenvalue weighted by molar-refractivity contribution is 7.89. The number of piperazine rings is 1. The fourth-order valence-electron chi connectivity index (χ4n) is 4.13. The van der Waals surface area contributed by atoms with Crippen LogP contribution in [0.4, 0.5) is 0 Å². The lowest BCUT2D eigenvalue weighted by atomic mass is 9.92. The second-order valence-electron chi connectivity index (χ2n) is 7.82. The highest BCUT2D eigenvalue weighted by Crippen LogP contribution is 2.25. The molecule has 1 saturated heterocycles. The number of nitrogens with one attached hydrogen (secondary N) is 2. The van der Waals surface area contributed by atoms with Crippen LogP contribution in [0.15, 0.2) is 45.9 Å². The summed E-state index contributed by atoms with van der Waals surface area (Å²) in [5.41, 5.74) is 2.46. The molecule has 2 heterocycles. The van der Waals surface area contributed by atoms with Crippen LogP contribution in [0.5, 0.6) is 0 Å². The fourth-order valence-corrected chi connectivity index (χ4v) is 5.62. The van der Waals surface area contributed by atoms with E-state index >= 15 is 0 Å². The van der Waals surface area contributed by atoms with E-state index in [0.717, 1.165) is 24.2 Å². The first-order chi connectivity index (χ1) is 14.0. The van der Waals surface area contributed by atoms with E-state index in [4.69, 9.17) is 4.42 Å². The zero-order valence-corrected chi connectivity index (χ0v) is 17.3. The maximum Gasteiger partial charge on any atom is 0.275 e. The predicted octanol–water partition coefficient (Wildman–Crippen LogP) is 0.364. The van der Waals surface area contributed by atoms with Gasteiger partial charge in [0.05, 0.1) is 43.9 Å². The summed E-state index contributed by atoms with van der Waals surface area (Å²) in [6.07, 6.45) is 5.89. The van der Waals surface area contributed by atoms with Crippen molar-refractivity contribution in [3.8, 4) is 0 Å². The van der Waals surface area contributed by atoms with E-state index in [1.807, 2.05) is 18.2 Å². The first-order valence-electron chi connectivity index (χ1n) is 10.3. The lowest BCUT2D eigenvalue weighted by Gasteiger charge is -2.31. The molecule has 1 aliphatic heterocycles. The highest BCUT2D eigenvalue weighted by atomic mass is 32.2. The first-order valence-corrected chi connectivity index (χ1v) is 11.7. The topological polar surface area (TPSA) is 84.1 Å². The Morgan fingerprint density at radius 3 is 2.59 bits per heavy atom. The molecule has 4 rings (SSSR count). The summed E-state index contributed by atoms with van der Waals surface area (Å²) < 4.78 is 32.9. The van der Waals surface area contributed by atoms with Crippen molar-refractivity contribution in [2.24, 2.45) is 0 Å². The number of quaternary nitrogens is 1. The van der Waals surface area contributed by atoms with Crippen LogP contribution in [0.25, 0.3) is 0 Å². The number of carbonyl (C=O) groups excluding carboxylic acids is 1. The lowest BCUT2D eigenvalue weighted by molar-refractivity contribution is -0.895. The van der Waals surface area contributed by atoms with Gasteiger partial charge in [-0.2, -0.15) is 4.31 Å². The van der Waals surface area contributed by atoms with Crippen LogP contribution in [0, 0.1) is 0 Å². The maximum atomic E-state index is 13.1. The highest BCUT2D eigenvalue weighted by Gasteiger charge is 2.31. The Hall–Kier alpha value is -2.16. The van der Waals surface area contributed by atoms with Gasteiger partial charge in [-0.05, 0) is 61.1 Å². The molecule has 1 aromatic heterocycles. The molecule has 7 nitrogen and oxygen atoms in total. The molecule has 156 valence electrons. The molecule has 1 amide bonds. The Bertz CT molecular complexity index is 948. The van der Waals surface area contributed by atoms with Crippen LogP contribution in [0.3, 0.4) is 0 Å². The average molecular weight is 419 g/mol. The molecule has 1 aliphatic carbocycles. The normalized spacial score (nSPS) is 18.3. The Kier molecular flexibility index (Phi) is 6.03. The third-order valence-corrected chi connectivity index (χ3v) is 7.73. The molecule has 0 unspecified atom stereocenters. The van der Waals surface area contributed by atoms with Gasteiger partial charge >= 0.3 is 0 Å². The Morgan fingerprint density at radius 2 is 1.86 bits per heavy atom. The van der Waals surface area contributed by atoms with Crippen molar-refractivity contribution in [2.45, 2.75) is 37.1 Å². The monoisotopic (exact) mass is 418 g/mol. The third kappa shape index (κ3) is 4.71. The van der Waals surface area contributed by atoms with E-state index < -0.39 is 10.0 Å². The van der Waals surface area contributed by atoms with Crippen molar-refractivity contribution < 1.29 is 22.5 Å². The number of sulfonamides is 1. The minimum atomic E-state index is -3.48. The summed E-state index contributed by atoms with van der Waals surface area (Å²) in [7, 11) is -3.48. The molecule has 0 atom stereocenters. The molecule has 0 spiro atoms. The molecule has 1 fully saturated rings. The van der Waals surface area contributed by atoms with E-state index in [1.165, 1.54) is 17.5 Å². The molecular formula is C21H28N3O4S+. The number of aryl methyl sites for hydroxylation is 2. The summed E-state index contributed by atoms with van der Waals surface area (Å²) in [6.45, 7) is 2.82. The Labute approximate surface area is 171 Å². The van der Waals surface area contributed by atoms with Gasteiger partial charge in [0.2, 0.25) is 10.0 Å². The van der Waals surface area contributed by atoms with Crippen molar-refractivity contribution in [2.75, 3.05) is 32.7 Å². The SMILES string of the molecule is O=C(C[NH+]1CCN(S(=O)(=O)c2ccc3c(c2)CCCC3)CC1)NCc1ccco1. The second kappa shape index (κ2) is 8.69. The van der Waals surface area contributed by atoms with Gasteiger partial charge in [0.25, 0.3) is 5.91 Å². The molecular weight excluding hydrogens is 390 g/mol. The zero-order valence-electron chi connectivity index (χ0n) is 16.5. The standard InChI is InChI=1S/C21H27N3O4S/c25-21(22-15-19-6-3-13-28-19)16-23-9-11-24(12-10-23)29(26,27)20-8-7-17-4-1-2-5-18(17)14-20/h3,6-8,13-14H,1-2,4-5,9-12,15-16H2,(H,22,25)/p+1. The van der Waals surface area contributed by atoms with E-state index in [-0.39, 0.29) is 5.91 Å². The summed E-state index contributed by atoms with van der Waals surface area (Å²) in [5.74, 6) is 0.664. The van der Waals surface area contributed by atoms with E-state index in [1.54, 1.807) is 22.7 Å². The number of furan rings is 1. The molecule has 2 aliphatic rings. The summed E-state index contributed by atoms with van der Waals surface area (Å²) in [4.78, 5) is 13.6. The number of amides is 1. The fraction of sp³-hybridized carbons (Fsp3) is 0.476. The molecule has 0 saturated carbocycles. The number of carbonyl (C=O) groups is 1. The van der Waals surface area contributed by atoms with Crippen molar-refractivity contribution in [3.63, 3.8) is 0 Å². The molecule has 2 N–H and O–H groups in total. The number of hydrogen-bond acceptors (Lipinski definition) is 4. The maximum absolute atomic E-state index is 13.1. The molecule has 0 bridgehead atoms. The largest absolute Gasteiger partial charge is 0.467 e. The molecule has 0 radical (unpaired) electrons. The van der Waals surface area contributed by atoms with Gasteiger partial charge < -0.3 is 14.6 Å². The second-order valence-corrected chi connectivity index (χ2v) is 9.76. The molecule has 8 heteroatoms. The number of rotatable bonds is 6. The van der Waals surface area contributed by atoms with Gasteiger partial charge in [-0.3, -0.25) is 4.79 Å². The smallest absolute Gasteiger partial charge is 0.275 e. The summed E-state index contributed by atoms with van der Waals surface area (Å²) in [5, 5.41) is 2.84. The molecule has 2 aromatic rings. The van der Waals surface area contributed by atoms with Crippen molar-refractivity contribution in [3.05, 3.63) is 53.5 Å². The lowest BCUT2D eigenvalue weighted by Crippen LogP contribution is -3.15. The van der Waals surface area contributed by atoms with Gasteiger partial charge in [-0.15, -0.1) is 0 Å². The number of fused-ring (bicyclic) bond motifs is 1. The van der Waals surface area contributed by atoms with Crippen LogP contribution in [-0.2, 0) is 34.2 Å². The van der Waals surface area contributed by atoms with Crippen molar-refractivity contribution in [1.29, 1.82) is 0 Å². The average Bonchev–Trinajstić information content (AvgIpc) is 3.26. The molecule has 29 heavy (non-hydrogen) atoms. The van der Waals surface area contributed by atoms with Crippen molar-refractivity contribution >= 4 is 15.9 Å². The van der Waals surface area contributed by atoms with Gasteiger partial charge in [0.15, 0.2) is 6.54 Å². The van der Waals surface area contributed by atoms with Gasteiger partial charge in [0.1, 0.15) is 5.76 Å². The van der Waals surface area contributed by atoms with Gasteiger partial charge in [-0.25, -0.2) is 8.42 Å². The minimum Gasteiger partial charge on any atom is -0.467 e. The Morgan fingerprint density at radius 1 is 1.10 bits per heavy atom. The van der Waals surface area contributed by atoms with E-state index in [0.29, 0.717) is 49.9 Å². The summed E-state index contributed by atoms with van der Waals surface area (Å²) >= 11 is 0. The Balaban J connectivity index is 1.31. The zero-order chi connectivity index (χ0) is 20.3. The van der Waals surface area contributed by atoms with Crippen LogP contribution in [-0.4, -0.2) is 51.4 Å². The summed E-state index contributed by atoms with van der Waals surface area (Å²) in [6, 6.07) is 9.20. The van der Waals surface area contributed by atoms with Crippen LogP contribution in [0.2, 0.25) is 0 Å². The van der Waals surface area contributed by atoms with Crippen LogP contribution < -0.4 is 10.2 Å². The van der Waals surface area contributed by atoms with Crippen molar-refractivity contribution in [1.82, 2.24) is 9.62 Å². The number of benzene rings is 1.